The van der Waals surface area contributed by atoms with Crippen molar-refractivity contribution in [2.24, 2.45) is 11.8 Å². The number of allylic oxidation sites excluding steroid dienone is 2. The number of hydrogen-bond acceptors (Lipinski definition) is 3. The molecule has 1 aliphatic heterocycles. The van der Waals surface area contributed by atoms with Crippen molar-refractivity contribution in [3.05, 3.63) is 34.9 Å². The maximum atomic E-state index is 12.5. The summed E-state index contributed by atoms with van der Waals surface area (Å²) < 4.78 is 0. The molecule has 5 heteroatoms. The standard InChI is InChI=1S/C15H14ClNO3/c1-8-2-4-10-11(6-8)15(20)17(14(10)19)12-7-9(16)3-5-13(12)18/h2-3,5,7,10-11,18H,4,6H2,1H3. The molecule has 20 heavy (non-hydrogen) atoms. The highest BCUT2D eigenvalue weighted by Crippen LogP contribution is 2.42. The maximum Gasteiger partial charge on any atom is 0.238 e. The zero-order valence-corrected chi connectivity index (χ0v) is 11.7. The highest BCUT2D eigenvalue weighted by molar-refractivity contribution is 6.31. The Morgan fingerprint density at radius 1 is 1.25 bits per heavy atom. The van der Waals surface area contributed by atoms with Gasteiger partial charge in [0, 0.05) is 5.02 Å². The number of aromatic hydroxyl groups is 1. The van der Waals surface area contributed by atoms with E-state index < -0.39 is 0 Å². The lowest BCUT2D eigenvalue weighted by Crippen LogP contribution is -2.30. The van der Waals surface area contributed by atoms with Crippen LogP contribution >= 0.6 is 11.6 Å². The van der Waals surface area contributed by atoms with E-state index in [0.29, 0.717) is 17.9 Å². The molecule has 0 radical (unpaired) electrons. The first-order valence-electron chi connectivity index (χ1n) is 6.51. The summed E-state index contributed by atoms with van der Waals surface area (Å²) in [5, 5.41) is 10.3. The van der Waals surface area contributed by atoms with Crippen LogP contribution in [0.5, 0.6) is 5.75 Å². The molecule has 1 aromatic carbocycles. The minimum absolute atomic E-state index is 0.112. The summed E-state index contributed by atoms with van der Waals surface area (Å²) in [5.41, 5.74) is 1.31. The number of carbonyl (C=O) groups is 2. The molecule has 0 aromatic heterocycles. The topological polar surface area (TPSA) is 57.6 Å². The smallest absolute Gasteiger partial charge is 0.238 e. The Labute approximate surface area is 121 Å². The van der Waals surface area contributed by atoms with E-state index in [1.807, 2.05) is 13.0 Å². The van der Waals surface area contributed by atoms with Crippen molar-refractivity contribution in [2.75, 3.05) is 4.90 Å². The van der Waals surface area contributed by atoms with Crippen molar-refractivity contribution in [3.63, 3.8) is 0 Å². The van der Waals surface area contributed by atoms with E-state index >= 15 is 0 Å². The van der Waals surface area contributed by atoms with Gasteiger partial charge in [-0.25, -0.2) is 4.90 Å². The van der Waals surface area contributed by atoms with Crippen LogP contribution in [0.1, 0.15) is 19.8 Å². The number of amides is 2. The Morgan fingerprint density at radius 2 is 1.95 bits per heavy atom. The zero-order chi connectivity index (χ0) is 14.4. The third-order valence-electron chi connectivity index (χ3n) is 4.00. The highest BCUT2D eigenvalue weighted by atomic mass is 35.5. The number of phenols is 1. The molecule has 1 fully saturated rings. The molecule has 0 spiro atoms. The Morgan fingerprint density at radius 3 is 2.70 bits per heavy atom. The van der Waals surface area contributed by atoms with Crippen LogP contribution in [0.3, 0.4) is 0 Å². The van der Waals surface area contributed by atoms with Gasteiger partial charge in [-0.2, -0.15) is 0 Å². The number of carbonyl (C=O) groups excluding carboxylic acids is 2. The number of benzene rings is 1. The van der Waals surface area contributed by atoms with E-state index in [1.54, 1.807) is 0 Å². The van der Waals surface area contributed by atoms with E-state index in [-0.39, 0.29) is 35.1 Å². The number of rotatable bonds is 1. The average molecular weight is 292 g/mol. The number of hydrogen-bond donors (Lipinski definition) is 1. The minimum Gasteiger partial charge on any atom is -0.506 e. The molecule has 1 aromatic rings. The third kappa shape index (κ3) is 1.91. The first-order valence-corrected chi connectivity index (χ1v) is 6.89. The van der Waals surface area contributed by atoms with Crippen LogP contribution in [0.4, 0.5) is 5.69 Å². The Kier molecular flexibility index (Phi) is 3.05. The summed E-state index contributed by atoms with van der Waals surface area (Å²) in [5.74, 6) is -1.23. The normalized spacial score (nSPS) is 25.7. The molecule has 2 amide bonds. The van der Waals surface area contributed by atoms with E-state index in [2.05, 4.69) is 0 Å². The van der Waals surface area contributed by atoms with Crippen molar-refractivity contribution >= 4 is 29.1 Å². The number of imide groups is 1. The number of halogens is 1. The Hall–Kier alpha value is -1.81. The number of anilines is 1. The molecule has 1 heterocycles. The first-order chi connectivity index (χ1) is 9.49. The monoisotopic (exact) mass is 291 g/mol. The SMILES string of the molecule is CC1=CCC2C(=O)N(c3cc(Cl)ccc3O)C(=O)C2C1. The van der Waals surface area contributed by atoms with Gasteiger partial charge < -0.3 is 5.11 Å². The van der Waals surface area contributed by atoms with Gasteiger partial charge in [0.25, 0.3) is 0 Å². The predicted octanol–water partition coefficient (Wildman–Crippen LogP) is 2.89. The second kappa shape index (κ2) is 4.63. The van der Waals surface area contributed by atoms with Crippen molar-refractivity contribution in [1.29, 1.82) is 0 Å². The lowest BCUT2D eigenvalue weighted by Gasteiger charge is -2.18. The van der Waals surface area contributed by atoms with Crippen LogP contribution in [0, 0.1) is 11.8 Å². The van der Waals surface area contributed by atoms with E-state index in [1.165, 1.54) is 18.2 Å². The second-order valence-electron chi connectivity index (χ2n) is 5.35. The zero-order valence-electron chi connectivity index (χ0n) is 11.0. The quantitative estimate of drug-likeness (QED) is 0.639. The fraction of sp³-hybridized carbons (Fsp3) is 0.333. The molecular weight excluding hydrogens is 278 g/mol. The minimum atomic E-state index is -0.315. The van der Waals surface area contributed by atoms with Gasteiger partial charge in [-0.1, -0.05) is 23.3 Å². The first kappa shape index (κ1) is 13.2. The molecule has 104 valence electrons. The summed E-state index contributed by atoms with van der Waals surface area (Å²) in [6.45, 7) is 1.97. The number of nitrogens with zero attached hydrogens (tertiary/aromatic N) is 1. The van der Waals surface area contributed by atoms with Crippen molar-refractivity contribution in [2.45, 2.75) is 19.8 Å². The Bertz CT molecular complexity index is 638. The van der Waals surface area contributed by atoms with Crippen LogP contribution in [-0.2, 0) is 9.59 Å². The van der Waals surface area contributed by atoms with Gasteiger partial charge in [0.05, 0.1) is 17.5 Å². The van der Waals surface area contributed by atoms with Crippen LogP contribution < -0.4 is 4.90 Å². The largest absolute Gasteiger partial charge is 0.506 e. The molecule has 4 nitrogen and oxygen atoms in total. The van der Waals surface area contributed by atoms with Gasteiger partial charge in [-0.3, -0.25) is 9.59 Å². The second-order valence-corrected chi connectivity index (χ2v) is 5.78. The molecule has 1 saturated heterocycles. The molecule has 3 rings (SSSR count). The van der Waals surface area contributed by atoms with E-state index in [9.17, 15) is 14.7 Å². The molecule has 1 aliphatic carbocycles. The fourth-order valence-corrected chi connectivity index (χ4v) is 3.12. The summed E-state index contributed by atoms with van der Waals surface area (Å²) in [6, 6.07) is 4.36. The van der Waals surface area contributed by atoms with Crippen molar-refractivity contribution in [3.8, 4) is 5.75 Å². The molecule has 2 unspecified atom stereocenters. The molecule has 0 bridgehead atoms. The summed E-state index contributed by atoms with van der Waals surface area (Å²) in [6.07, 6.45) is 3.19. The average Bonchev–Trinajstić information content (AvgIpc) is 2.65. The third-order valence-corrected chi connectivity index (χ3v) is 4.24. The van der Waals surface area contributed by atoms with Gasteiger partial charge in [0.15, 0.2) is 0 Å². The number of phenolic OH excluding ortho intramolecular Hbond substituents is 1. The highest BCUT2D eigenvalue weighted by Gasteiger charge is 2.49. The molecule has 1 N–H and O–H groups in total. The maximum absolute atomic E-state index is 12.5. The fourth-order valence-electron chi connectivity index (χ4n) is 2.95. The van der Waals surface area contributed by atoms with Crippen molar-refractivity contribution in [1.82, 2.24) is 0 Å². The Balaban J connectivity index is 2.02. The lowest BCUT2D eigenvalue weighted by atomic mass is 9.82. The van der Waals surface area contributed by atoms with E-state index in [4.69, 9.17) is 11.6 Å². The van der Waals surface area contributed by atoms with Gasteiger partial charge >= 0.3 is 0 Å². The van der Waals surface area contributed by atoms with Crippen LogP contribution in [-0.4, -0.2) is 16.9 Å². The number of fused-ring (bicyclic) bond motifs is 1. The summed E-state index contributed by atoms with van der Waals surface area (Å²) in [4.78, 5) is 26.0. The van der Waals surface area contributed by atoms with Gasteiger partial charge in [0.1, 0.15) is 5.75 Å². The molecule has 0 saturated carbocycles. The lowest BCUT2D eigenvalue weighted by molar-refractivity contribution is -0.122. The van der Waals surface area contributed by atoms with Crippen LogP contribution in [0.2, 0.25) is 5.02 Å². The van der Waals surface area contributed by atoms with Gasteiger partial charge in [-0.15, -0.1) is 0 Å². The van der Waals surface area contributed by atoms with Crippen molar-refractivity contribution < 1.29 is 14.7 Å². The predicted molar refractivity (Wildman–Crippen MR) is 75.6 cm³/mol. The van der Waals surface area contributed by atoms with Gasteiger partial charge in [-0.05, 0) is 38.0 Å². The summed E-state index contributed by atoms with van der Waals surface area (Å²) >= 11 is 5.90. The molecular formula is C15H14ClNO3. The van der Waals surface area contributed by atoms with Gasteiger partial charge in [0.2, 0.25) is 11.8 Å². The molecule has 2 atom stereocenters. The van der Waals surface area contributed by atoms with E-state index in [0.717, 1.165) is 10.5 Å². The summed E-state index contributed by atoms with van der Waals surface area (Å²) in [7, 11) is 0. The van der Waals surface area contributed by atoms with Crippen LogP contribution in [0.15, 0.2) is 29.8 Å². The van der Waals surface area contributed by atoms with Crippen LogP contribution in [0.25, 0.3) is 0 Å². The molecule has 2 aliphatic rings.